The molecule has 104 valence electrons. The maximum atomic E-state index is 11.7. The van der Waals surface area contributed by atoms with Gasteiger partial charge in [-0.1, -0.05) is 11.6 Å². The molecule has 5 nitrogen and oxygen atoms in total. The standard InChI is InChI=1S/C13H16ClNO4/c1-9-6-10(14)4-5-11(9)19-8-12(16)15(2)7-13(17)18-3/h4-6H,7-8H2,1-3H3. The van der Waals surface area contributed by atoms with Crippen molar-refractivity contribution in [3.05, 3.63) is 28.8 Å². The second-order valence-corrected chi connectivity index (χ2v) is 4.46. The molecule has 1 aromatic rings. The van der Waals surface area contributed by atoms with Crippen LogP contribution in [0.25, 0.3) is 0 Å². The minimum absolute atomic E-state index is 0.0989. The summed E-state index contributed by atoms with van der Waals surface area (Å²) in [5.41, 5.74) is 0.843. The Balaban J connectivity index is 2.52. The van der Waals surface area contributed by atoms with Crippen molar-refractivity contribution in [2.75, 3.05) is 27.3 Å². The molecular weight excluding hydrogens is 270 g/mol. The number of halogens is 1. The summed E-state index contributed by atoms with van der Waals surface area (Å²) in [5, 5.41) is 0.610. The Morgan fingerprint density at radius 1 is 1.37 bits per heavy atom. The number of esters is 1. The van der Waals surface area contributed by atoms with Crippen LogP contribution in [0.2, 0.25) is 5.02 Å². The number of hydrogen-bond donors (Lipinski definition) is 0. The molecule has 0 saturated heterocycles. The molecule has 0 aliphatic carbocycles. The molecule has 1 aromatic carbocycles. The van der Waals surface area contributed by atoms with Crippen LogP contribution in [0.15, 0.2) is 18.2 Å². The van der Waals surface area contributed by atoms with E-state index in [0.29, 0.717) is 10.8 Å². The summed E-state index contributed by atoms with van der Waals surface area (Å²) in [6.07, 6.45) is 0. The Morgan fingerprint density at radius 3 is 2.63 bits per heavy atom. The lowest BCUT2D eigenvalue weighted by Crippen LogP contribution is -2.36. The van der Waals surface area contributed by atoms with E-state index in [4.69, 9.17) is 16.3 Å². The number of aryl methyl sites for hydroxylation is 1. The normalized spacial score (nSPS) is 9.89. The van der Waals surface area contributed by atoms with Crippen LogP contribution in [0.4, 0.5) is 0 Å². The second-order valence-electron chi connectivity index (χ2n) is 4.02. The van der Waals surface area contributed by atoms with Crippen LogP contribution in [0.1, 0.15) is 5.56 Å². The Hall–Kier alpha value is -1.75. The van der Waals surface area contributed by atoms with Crippen molar-refractivity contribution in [3.8, 4) is 5.75 Å². The van der Waals surface area contributed by atoms with Gasteiger partial charge in [-0.05, 0) is 30.7 Å². The van der Waals surface area contributed by atoms with E-state index in [1.165, 1.54) is 19.1 Å². The topological polar surface area (TPSA) is 55.8 Å². The average molecular weight is 286 g/mol. The van der Waals surface area contributed by atoms with Crippen molar-refractivity contribution < 1.29 is 19.1 Å². The number of rotatable bonds is 5. The fourth-order valence-electron chi connectivity index (χ4n) is 1.37. The molecule has 0 aliphatic rings. The third-order valence-electron chi connectivity index (χ3n) is 2.51. The van der Waals surface area contributed by atoms with Crippen LogP contribution in [-0.2, 0) is 14.3 Å². The Morgan fingerprint density at radius 2 is 2.05 bits per heavy atom. The van der Waals surface area contributed by atoms with Crippen LogP contribution in [0, 0.1) is 6.92 Å². The molecule has 6 heteroatoms. The van der Waals surface area contributed by atoms with Crippen LogP contribution in [0.3, 0.4) is 0 Å². The molecule has 0 heterocycles. The van der Waals surface area contributed by atoms with Crippen molar-refractivity contribution >= 4 is 23.5 Å². The van der Waals surface area contributed by atoms with Gasteiger partial charge in [0.15, 0.2) is 6.61 Å². The Kier molecular flexibility index (Phi) is 5.63. The summed E-state index contributed by atoms with van der Waals surface area (Å²) in [6.45, 7) is 1.60. The molecule has 1 amide bonds. The number of nitrogens with zero attached hydrogens (tertiary/aromatic N) is 1. The Bertz CT molecular complexity index is 476. The van der Waals surface area contributed by atoms with Crippen molar-refractivity contribution in [3.63, 3.8) is 0 Å². The van der Waals surface area contributed by atoms with Crippen LogP contribution < -0.4 is 4.74 Å². The molecule has 19 heavy (non-hydrogen) atoms. The van der Waals surface area contributed by atoms with Gasteiger partial charge in [0.25, 0.3) is 5.91 Å². The number of carbonyl (C=O) groups excluding carboxylic acids is 2. The van der Waals surface area contributed by atoms with E-state index in [2.05, 4.69) is 4.74 Å². The summed E-state index contributed by atoms with van der Waals surface area (Å²) in [4.78, 5) is 24.0. The van der Waals surface area contributed by atoms with Gasteiger partial charge in [0.05, 0.1) is 7.11 Å². The first-order valence-corrected chi connectivity index (χ1v) is 6.01. The summed E-state index contributed by atoms with van der Waals surface area (Å²) in [5.74, 6) is -0.192. The minimum Gasteiger partial charge on any atom is -0.483 e. The average Bonchev–Trinajstić information content (AvgIpc) is 2.37. The number of hydrogen-bond acceptors (Lipinski definition) is 4. The number of amides is 1. The first-order valence-electron chi connectivity index (χ1n) is 5.63. The van der Waals surface area contributed by atoms with Gasteiger partial charge in [-0.3, -0.25) is 9.59 Å². The fraction of sp³-hybridized carbons (Fsp3) is 0.385. The molecule has 0 aliphatic heterocycles. The number of benzene rings is 1. The number of likely N-dealkylation sites (N-methyl/N-ethyl adjacent to an activating group) is 1. The van der Waals surface area contributed by atoms with Crippen molar-refractivity contribution in [1.29, 1.82) is 0 Å². The monoisotopic (exact) mass is 285 g/mol. The van der Waals surface area contributed by atoms with E-state index < -0.39 is 5.97 Å². The molecule has 1 rings (SSSR count). The maximum absolute atomic E-state index is 11.7. The zero-order chi connectivity index (χ0) is 14.4. The van der Waals surface area contributed by atoms with Gasteiger partial charge in [0.2, 0.25) is 0 Å². The van der Waals surface area contributed by atoms with Gasteiger partial charge in [-0.15, -0.1) is 0 Å². The third-order valence-corrected chi connectivity index (χ3v) is 2.74. The highest BCUT2D eigenvalue weighted by Crippen LogP contribution is 2.21. The van der Waals surface area contributed by atoms with Crippen LogP contribution in [0.5, 0.6) is 5.75 Å². The maximum Gasteiger partial charge on any atom is 0.325 e. The SMILES string of the molecule is COC(=O)CN(C)C(=O)COc1ccc(Cl)cc1C. The van der Waals surface area contributed by atoms with Crippen LogP contribution >= 0.6 is 11.6 Å². The lowest BCUT2D eigenvalue weighted by Gasteiger charge is -2.16. The highest BCUT2D eigenvalue weighted by atomic mass is 35.5. The van der Waals surface area contributed by atoms with Crippen molar-refractivity contribution in [1.82, 2.24) is 4.90 Å². The number of methoxy groups -OCH3 is 1. The molecule has 0 saturated carbocycles. The highest BCUT2D eigenvalue weighted by molar-refractivity contribution is 6.30. The van der Waals surface area contributed by atoms with Crippen molar-refractivity contribution in [2.45, 2.75) is 6.92 Å². The summed E-state index contributed by atoms with van der Waals surface area (Å²) < 4.78 is 9.87. The van der Waals surface area contributed by atoms with Gasteiger partial charge in [-0.25, -0.2) is 0 Å². The molecule has 0 N–H and O–H groups in total. The molecule has 0 fully saturated rings. The van der Waals surface area contributed by atoms with Crippen molar-refractivity contribution in [2.24, 2.45) is 0 Å². The molecule has 0 unspecified atom stereocenters. The van der Waals surface area contributed by atoms with E-state index in [-0.39, 0.29) is 19.1 Å². The minimum atomic E-state index is -0.474. The lowest BCUT2D eigenvalue weighted by molar-refractivity contribution is -0.146. The third kappa shape index (κ3) is 4.79. The van der Waals surface area contributed by atoms with Gasteiger partial charge in [0.1, 0.15) is 12.3 Å². The van der Waals surface area contributed by atoms with E-state index >= 15 is 0 Å². The second kappa shape index (κ2) is 6.99. The highest BCUT2D eigenvalue weighted by Gasteiger charge is 2.14. The number of carbonyl (C=O) groups is 2. The largest absolute Gasteiger partial charge is 0.483 e. The molecule has 0 aromatic heterocycles. The van der Waals surface area contributed by atoms with E-state index in [9.17, 15) is 9.59 Å². The van der Waals surface area contributed by atoms with E-state index in [0.717, 1.165) is 5.56 Å². The molecule has 0 radical (unpaired) electrons. The van der Waals surface area contributed by atoms with E-state index in [1.807, 2.05) is 6.92 Å². The lowest BCUT2D eigenvalue weighted by atomic mass is 10.2. The first-order chi connectivity index (χ1) is 8.93. The number of ether oxygens (including phenoxy) is 2. The Labute approximate surface area is 117 Å². The molecule has 0 atom stereocenters. The zero-order valence-corrected chi connectivity index (χ0v) is 11.9. The van der Waals surface area contributed by atoms with Gasteiger partial charge in [0, 0.05) is 12.1 Å². The summed E-state index contributed by atoms with van der Waals surface area (Å²) >= 11 is 5.82. The summed E-state index contributed by atoms with van der Waals surface area (Å²) in [6, 6.07) is 5.14. The predicted octanol–water partition coefficient (Wildman–Crippen LogP) is 1.66. The van der Waals surface area contributed by atoms with Crippen LogP contribution in [-0.4, -0.2) is 44.1 Å². The molecule has 0 spiro atoms. The smallest absolute Gasteiger partial charge is 0.325 e. The molecular formula is C13H16ClNO4. The van der Waals surface area contributed by atoms with E-state index in [1.54, 1.807) is 18.2 Å². The zero-order valence-electron chi connectivity index (χ0n) is 11.1. The predicted molar refractivity (Wildman–Crippen MR) is 71.3 cm³/mol. The quantitative estimate of drug-likeness (QED) is 0.772. The first kappa shape index (κ1) is 15.3. The van der Waals surface area contributed by atoms with Gasteiger partial charge < -0.3 is 14.4 Å². The fourth-order valence-corrected chi connectivity index (χ4v) is 1.60. The summed E-state index contributed by atoms with van der Waals surface area (Å²) in [7, 11) is 2.78. The van der Waals surface area contributed by atoms with Gasteiger partial charge >= 0.3 is 5.97 Å². The molecule has 0 bridgehead atoms. The van der Waals surface area contributed by atoms with Gasteiger partial charge in [-0.2, -0.15) is 0 Å².